The van der Waals surface area contributed by atoms with Crippen LogP contribution in [-0.2, 0) is 4.79 Å². The van der Waals surface area contributed by atoms with Crippen LogP contribution in [0.4, 0.5) is 4.79 Å². The Hall–Kier alpha value is -0.910. The summed E-state index contributed by atoms with van der Waals surface area (Å²) in [7, 11) is 0. The first-order valence-corrected chi connectivity index (χ1v) is 8.61. The maximum Gasteiger partial charge on any atom is 0.329 e. The van der Waals surface area contributed by atoms with E-state index in [0.29, 0.717) is 18.1 Å². The third-order valence-corrected chi connectivity index (χ3v) is 5.36. The Morgan fingerprint density at radius 1 is 1.30 bits per heavy atom. The van der Waals surface area contributed by atoms with Crippen LogP contribution in [0.1, 0.15) is 52.4 Å². The van der Waals surface area contributed by atoms with Crippen LogP contribution in [0.3, 0.4) is 0 Å². The first-order chi connectivity index (χ1) is 9.47. The Bertz CT molecular complexity index is 345. The maximum absolute atomic E-state index is 12.1. The fraction of sp³-hybridized carbons (Fsp3) is 0.857. The highest BCUT2D eigenvalue weighted by Crippen LogP contribution is 2.27. The van der Waals surface area contributed by atoms with Gasteiger partial charge >= 0.3 is 12.0 Å². The van der Waals surface area contributed by atoms with E-state index in [1.165, 1.54) is 6.42 Å². The number of carboxylic acids is 1. The van der Waals surface area contributed by atoms with Crippen molar-refractivity contribution in [2.24, 2.45) is 0 Å². The van der Waals surface area contributed by atoms with Crippen LogP contribution < -0.4 is 10.6 Å². The van der Waals surface area contributed by atoms with Crippen molar-refractivity contribution in [1.82, 2.24) is 10.6 Å². The molecule has 2 unspecified atom stereocenters. The van der Waals surface area contributed by atoms with Crippen LogP contribution in [0, 0.1) is 0 Å². The summed E-state index contributed by atoms with van der Waals surface area (Å²) in [6.07, 6.45) is 7.10. The quantitative estimate of drug-likeness (QED) is 0.704. The number of hydrogen-bond donors (Lipinski definition) is 3. The molecule has 1 aliphatic carbocycles. The Balaban J connectivity index is 2.55. The van der Waals surface area contributed by atoms with Crippen molar-refractivity contribution in [3.05, 3.63) is 0 Å². The standard InChI is InChI=1S/C14H26N2O3S/c1-4-14(5-2,12(17)18)16-13(19)15-10-7-6-8-11(9-10)20-3/h10-11H,4-9H2,1-3H3,(H,17,18)(H2,15,16,19). The average Bonchev–Trinajstić information content (AvgIpc) is 2.44. The molecule has 0 aliphatic heterocycles. The van der Waals surface area contributed by atoms with Gasteiger partial charge in [-0.15, -0.1) is 0 Å². The molecular formula is C14H26N2O3S. The van der Waals surface area contributed by atoms with Gasteiger partial charge in [0.2, 0.25) is 0 Å². The third-order valence-electron chi connectivity index (χ3n) is 4.26. The number of urea groups is 1. The van der Waals surface area contributed by atoms with Gasteiger partial charge in [0.05, 0.1) is 0 Å². The SMILES string of the molecule is CCC(CC)(NC(=O)NC1CCCC(SC)C1)C(=O)O. The minimum Gasteiger partial charge on any atom is -0.480 e. The minimum atomic E-state index is -1.16. The Kier molecular flexibility index (Phi) is 6.65. The summed E-state index contributed by atoms with van der Waals surface area (Å²) in [5.41, 5.74) is -1.16. The predicted molar refractivity (Wildman–Crippen MR) is 82.2 cm³/mol. The molecule has 0 saturated heterocycles. The lowest BCUT2D eigenvalue weighted by Gasteiger charge is -2.32. The summed E-state index contributed by atoms with van der Waals surface area (Å²) < 4.78 is 0. The number of carbonyl (C=O) groups is 2. The molecule has 1 aliphatic rings. The molecule has 0 aromatic rings. The second-order valence-corrected chi connectivity index (χ2v) is 6.55. The molecule has 116 valence electrons. The number of nitrogens with one attached hydrogen (secondary N) is 2. The van der Waals surface area contributed by atoms with E-state index in [9.17, 15) is 14.7 Å². The predicted octanol–water partition coefficient (Wildman–Crippen LogP) is 2.60. The fourth-order valence-electron chi connectivity index (χ4n) is 2.71. The van der Waals surface area contributed by atoms with Crippen molar-refractivity contribution in [3.63, 3.8) is 0 Å². The molecular weight excluding hydrogens is 276 g/mol. The zero-order valence-corrected chi connectivity index (χ0v) is 13.4. The van der Waals surface area contributed by atoms with E-state index in [4.69, 9.17) is 0 Å². The lowest BCUT2D eigenvalue weighted by molar-refractivity contribution is -0.144. The lowest BCUT2D eigenvalue weighted by Crippen LogP contribution is -2.58. The van der Waals surface area contributed by atoms with Gasteiger partial charge in [-0.25, -0.2) is 9.59 Å². The molecule has 0 spiro atoms. The van der Waals surface area contributed by atoms with Crippen molar-refractivity contribution in [2.45, 2.75) is 69.2 Å². The molecule has 0 heterocycles. The summed E-state index contributed by atoms with van der Waals surface area (Å²) in [4.78, 5) is 23.4. The highest BCUT2D eigenvalue weighted by molar-refractivity contribution is 7.99. The Morgan fingerprint density at radius 3 is 2.45 bits per heavy atom. The van der Waals surface area contributed by atoms with E-state index in [-0.39, 0.29) is 12.1 Å². The molecule has 3 N–H and O–H groups in total. The lowest BCUT2D eigenvalue weighted by atomic mass is 9.93. The summed E-state index contributed by atoms with van der Waals surface area (Å²) in [6.45, 7) is 3.56. The highest BCUT2D eigenvalue weighted by Gasteiger charge is 2.37. The number of hydrogen-bond acceptors (Lipinski definition) is 3. The van der Waals surface area contributed by atoms with Crippen LogP contribution in [-0.4, -0.2) is 40.2 Å². The smallest absolute Gasteiger partial charge is 0.329 e. The number of thioether (sulfide) groups is 1. The number of carboxylic acid groups (broad SMARTS) is 1. The van der Waals surface area contributed by atoms with Crippen LogP contribution in [0.25, 0.3) is 0 Å². The van der Waals surface area contributed by atoms with Gasteiger partial charge in [-0.3, -0.25) is 0 Å². The number of amides is 2. The molecule has 2 amide bonds. The van der Waals surface area contributed by atoms with Gasteiger partial charge in [0, 0.05) is 11.3 Å². The maximum atomic E-state index is 12.1. The van der Waals surface area contributed by atoms with Crippen molar-refractivity contribution in [1.29, 1.82) is 0 Å². The molecule has 1 saturated carbocycles. The van der Waals surface area contributed by atoms with Gasteiger partial charge in [0.15, 0.2) is 0 Å². The molecule has 2 atom stereocenters. The summed E-state index contributed by atoms with van der Waals surface area (Å²) in [5.74, 6) is -0.969. The summed E-state index contributed by atoms with van der Waals surface area (Å²) in [6, 6.07) is -0.204. The largest absolute Gasteiger partial charge is 0.480 e. The second kappa shape index (κ2) is 7.76. The molecule has 1 fully saturated rings. The first kappa shape index (κ1) is 17.1. The second-order valence-electron chi connectivity index (χ2n) is 5.41. The van der Waals surface area contributed by atoms with Gasteiger partial charge in [-0.1, -0.05) is 20.3 Å². The fourth-order valence-corrected chi connectivity index (χ4v) is 3.54. The zero-order valence-electron chi connectivity index (χ0n) is 12.6. The third kappa shape index (κ3) is 4.30. The molecule has 20 heavy (non-hydrogen) atoms. The van der Waals surface area contributed by atoms with Crippen LogP contribution >= 0.6 is 11.8 Å². The van der Waals surface area contributed by atoms with Gasteiger partial charge in [-0.2, -0.15) is 11.8 Å². The van der Waals surface area contributed by atoms with Crippen molar-refractivity contribution in [3.8, 4) is 0 Å². The first-order valence-electron chi connectivity index (χ1n) is 7.32. The normalized spacial score (nSPS) is 23.1. The van der Waals surface area contributed by atoms with Crippen LogP contribution in [0.5, 0.6) is 0 Å². The number of rotatable bonds is 6. The van der Waals surface area contributed by atoms with Crippen molar-refractivity contribution >= 4 is 23.8 Å². The van der Waals surface area contributed by atoms with Gasteiger partial charge in [-0.05, 0) is 38.4 Å². The Morgan fingerprint density at radius 2 is 1.95 bits per heavy atom. The van der Waals surface area contributed by atoms with Crippen molar-refractivity contribution < 1.29 is 14.7 Å². The van der Waals surface area contributed by atoms with E-state index < -0.39 is 11.5 Å². The van der Waals surface area contributed by atoms with Gasteiger partial charge in [0.1, 0.15) is 5.54 Å². The number of aliphatic carboxylic acids is 1. The van der Waals surface area contributed by atoms with E-state index in [1.807, 2.05) is 11.8 Å². The zero-order chi connectivity index (χ0) is 15.2. The highest BCUT2D eigenvalue weighted by atomic mass is 32.2. The van der Waals surface area contributed by atoms with Crippen LogP contribution in [0.15, 0.2) is 0 Å². The molecule has 6 heteroatoms. The monoisotopic (exact) mass is 302 g/mol. The molecule has 0 aromatic carbocycles. The number of carbonyl (C=O) groups excluding carboxylic acids is 1. The summed E-state index contributed by atoms with van der Waals surface area (Å²) >= 11 is 1.84. The van der Waals surface area contributed by atoms with Gasteiger partial charge < -0.3 is 15.7 Å². The van der Waals surface area contributed by atoms with Crippen LogP contribution in [0.2, 0.25) is 0 Å². The van der Waals surface area contributed by atoms with E-state index >= 15 is 0 Å². The van der Waals surface area contributed by atoms with E-state index in [0.717, 1.165) is 19.3 Å². The van der Waals surface area contributed by atoms with E-state index in [2.05, 4.69) is 16.9 Å². The minimum absolute atomic E-state index is 0.154. The summed E-state index contributed by atoms with van der Waals surface area (Å²) in [5, 5.41) is 15.5. The molecule has 0 bridgehead atoms. The molecule has 0 aromatic heterocycles. The topological polar surface area (TPSA) is 78.4 Å². The van der Waals surface area contributed by atoms with Gasteiger partial charge in [0.25, 0.3) is 0 Å². The molecule has 5 nitrogen and oxygen atoms in total. The molecule has 1 rings (SSSR count). The van der Waals surface area contributed by atoms with Crippen molar-refractivity contribution in [2.75, 3.05) is 6.26 Å². The average molecular weight is 302 g/mol. The molecule has 0 radical (unpaired) electrons. The van der Waals surface area contributed by atoms with E-state index in [1.54, 1.807) is 13.8 Å². The Labute approximate surface area is 125 Å².